The van der Waals surface area contributed by atoms with Crippen molar-refractivity contribution < 1.29 is 28.3 Å². The molecule has 0 saturated heterocycles. The van der Waals surface area contributed by atoms with Crippen LogP contribution in [0.15, 0.2) is 28.7 Å². The summed E-state index contributed by atoms with van der Waals surface area (Å²) in [7, 11) is 0. The van der Waals surface area contributed by atoms with Gasteiger partial charge in [-0.1, -0.05) is 0 Å². The second-order valence-electron chi connectivity index (χ2n) is 11.8. The Balaban J connectivity index is 1.61. The molecule has 1 aromatic carbocycles. The highest BCUT2D eigenvalue weighted by atomic mass is 16.6. The van der Waals surface area contributed by atoms with Crippen molar-refractivity contribution in [2.75, 3.05) is 13.1 Å². The largest absolute Gasteiger partial charge is 0.459 e. The van der Waals surface area contributed by atoms with Gasteiger partial charge in [-0.15, -0.1) is 0 Å². The Hall–Kier alpha value is -3.40. The number of amides is 1. The molecule has 10 heteroatoms. The number of nitrogens with zero attached hydrogens (tertiary/aromatic N) is 1. The number of carbonyl (C=O) groups is 3. The molecule has 0 atom stereocenters. The van der Waals surface area contributed by atoms with Crippen LogP contribution in [0.25, 0.3) is 11.0 Å². The van der Waals surface area contributed by atoms with Gasteiger partial charge < -0.3 is 24.9 Å². The molecule has 1 heterocycles. The monoisotopic (exact) mass is 528 g/mol. The van der Waals surface area contributed by atoms with Crippen molar-refractivity contribution in [3.8, 4) is 0 Å². The van der Waals surface area contributed by atoms with Gasteiger partial charge in [-0.3, -0.25) is 24.7 Å². The molecule has 0 radical (unpaired) electrons. The predicted molar refractivity (Wildman–Crippen MR) is 144 cm³/mol. The summed E-state index contributed by atoms with van der Waals surface area (Å²) in [6.45, 7) is 10.8. The molecule has 1 amide bonds. The quantitative estimate of drug-likeness (QED) is 0.267. The van der Waals surface area contributed by atoms with Gasteiger partial charge >= 0.3 is 11.9 Å². The molecule has 1 aliphatic rings. The Morgan fingerprint density at radius 3 is 2.03 bits per heavy atom. The first-order valence-electron chi connectivity index (χ1n) is 13.0. The van der Waals surface area contributed by atoms with Crippen LogP contribution in [0.4, 0.5) is 0 Å². The lowest BCUT2D eigenvalue weighted by molar-refractivity contribution is -0.161. The van der Waals surface area contributed by atoms with E-state index >= 15 is 0 Å². The van der Waals surface area contributed by atoms with Gasteiger partial charge in [0.05, 0.1) is 13.1 Å². The number of nitrogen functional groups attached to an aromatic ring is 1. The molecular formula is C28H40N4O6. The highest BCUT2D eigenvalue weighted by Crippen LogP contribution is 2.26. The normalized spacial score (nSPS) is 18.3. The number of rotatable bonds is 8. The summed E-state index contributed by atoms with van der Waals surface area (Å²) in [6.07, 6.45) is 2.76. The zero-order valence-corrected chi connectivity index (χ0v) is 23.2. The molecule has 1 aliphatic carbocycles. The van der Waals surface area contributed by atoms with Crippen molar-refractivity contribution in [2.45, 2.75) is 90.5 Å². The third-order valence-electron chi connectivity index (χ3n) is 6.10. The maximum absolute atomic E-state index is 12.9. The Morgan fingerprint density at radius 2 is 1.53 bits per heavy atom. The first-order valence-corrected chi connectivity index (χ1v) is 13.0. The standard InChI is InChI=1S/C28H40N4O6/c1-27(2,3)37-23(33)15-32(16-24(34)38-28(4,5)6)20-10-8-19(9-11-20)31-26(35)22-14-18-13-17(25(29)30)7-12-21(18)36-22/h7,12-14,19-20H,8-11,15-16H2,1-6H3,(H3,29,30)(H,31,35). The van der Waals surface area contributed by atoms with E-state index in [2.05, 4.69) is 5.32 Å². The van der Waals surface area contributed by atoms with E-state index in [4.69, 9.17) is 25.0 Å². The second-order valence-corrected chi connectivity index (χ2v) is 11.8. The number of ether oxygens (including phenoxy) is 2. The van der Waals surface area contributed by atoms with Gasteiger partial charge in [-0.25, -0.2) is 0 Å². The van der Waals surface area contributed by atoms with Gasteiger partial charge in [0.2, 0.25) is 0 Å². The molecular weight excluding hydrogens is 488 g/mol. The van der Waals surface area contributed by atoms with Crippen LogP contribution in [-0.2, 0) is 19.1 Å². The summed E-state index contributed by atoms with van der Waals surface area (Å²) in [5.74, 6) is -0.959. The third-order valence-corrected chi connectivity index (χ3v) is 6.10. The van der Waals surface area contributed by atoms with Crippen LogP contribution in [0.3, 0.4) is 0 Å². The Morgan fingerprint density at radius 1 is 0.974 bits per heavy atom. The lowest BCUT2D eigenvalue weighted by Crippen LogP contribution is -2.48. The van der Waals surface area contributed by atoms with Gasteiger partial charge in [0.15, 0.2) is 5.76 Å². The van der Waals surface area contributed by atoms with Gasteiger partial charge in [-0.2, -0.15) is 0 Å². The number of hydrogen-bond acceptors (Lipinski definition) is 8. The van der Waals surface area contributed by atoms with Crippen LogP contribution >= 0.6 is 0 Å². The van der Waals surface area contributed by atoms with E-state index in [0.29, 0.717) is 42.2 Å². The maximum atomic E-state index is 12.9. The Kier molecular flexibility index (Phi) is 8.86. The van der Waals surface area contributed by atoms with E-state index < -0.39 is 23.1 Å². The number of fused-ring (bicyclic) bond motifs is 1. The Labute approximate surface area is 223 Å². The van der Waals surface area contributed by atoms with Crippen LogP contribution in [0, 0.1) is 5.41 Å². The molecule has 208 valence electrons. The Bertz CT molecular complexity index is 1150. The molecule has 0 bridgehead atoms. The molecule has 0 aliphatic heterocycles. The molecule has 2 aromatic rings. The molecule has 3 rings (SSSR count). The zero-order valence-electron chi connectivity index (χ0n) is 23.2. The van der Waals surface area contributed by atoms with Crippen LogP contribution in [0.1, 0.15) is 83.3 Å². The molecule has 1 saturated carbocycles. The smallest absolute Gasteiger partial charge is 0.320 e. The summed E-state index contributed by atoms with van der Waals surface area (Å²) in [6, 6.07) is 6.64. The van der Waals surface area contributed by atoms with Crippen LogP contribution < -0.4 is 11.1 Å². The minimum atomic E-state index is -0.624. The number of nitrogens with one attached hydrogen (secondary N) is 2. The first-order chi connectivity index (χ1) is 17.6. The number of benzene rings is 1. The van der Waals surface area contributed by atoms with Crippen LogP contribution in [-0.4, -0.2) is 65.0 Å². The first kappa shape index (κ1) is 29.2. The minimum Gasteiger partial charge on any atom is -0.459 e. The van der Waals surface area contributed by atoms with Crippen molar-refractivity contribution in [3.63, 3.8) is 0 Å². The number of carbonyl (C=O) groups excluding carboxylic acids is 3. The van der Waals surface area contributed by atoms with E-state index in [0.717, 1.165) is 0 Å². The maximum Gasteiger partial charge on any atom is 0.320 e. The molecule has 1 aromatic heterocycles. The number of esters is 2. The fourth-order valence-electron chi connectivity index (χ4n) is 4.56. The van der Waals surface area contributed by atoms with Gasteiger partial charge in [0.1, 0.15) is 22.6 Å². The van der Waals surface area contributed by atoms with E-state index in [1.54, 1.807) is 65.8 Å². The molecule has 10 nitrogen and oxygen atoms in total. The molecule has 38 heavy (non-hydrogen) atoms. The van der Waals surface area contributed by atoms with Crippen LogP contribution in [0.2, 0.25) is 0 Å². The summed E-state index contributed by atoms with van der Waals surface area (Å²) in [5.41, 5.74) is 5.41. The molecule has 1 fully saturated rings. The van der Waals surface area contributed by atoms with Crippen molar-refractivity contribution >= 4 is 34.7 Å². The van der Waals surface area contributed by atoms with Crippen molar-refractivity contribution in [3.05, 3.63) is 35.6 Å². The fourth-order valence-corrected chi connectivity index (χ4v) is 4.56. The zero-order chi connectivity index (χ0) is 28.3. The average molecular weight is 529 g/mol. The van der Waals surface area contributed by atoms with Crippen LogP contribution in [0.5, 0.6) is 0 Å². The molecule has 0 unspecified atom stereocenters. The van der Waals surface area contributed by atoms with Gasteiger partial charge in [0.25, 0.3) is 5.91 Å². The predicted octanol–water partition coefficient (Wildman–Crippen LogP) is 3.74. The number of nitrogens with two attached hydrogens (primary N) is 1. The topological polar surface area (TPSA) is 148 Å². The average Bonchev–Trinajstić information content (AvgIpc) is 3.20. The van der Waals surface area contributed by atoms with Gasteiger partial charge in [0, 0.05) is 23.0 Å². The third kappa shape index (κ3) is 8.58. The highest BCUT2D eigenvalue weighted by molar-refractivity contribution is 6.00. The summed E-state index contributed by atoms with van der Waals surface area (Å²) < 4.78 is 16.7. The van der Waals surface area contributed by atoms with E-state index in [1.165, 1.54) is 0 Å². The van der Waals surface area contributed by atoms with E-state index in [9.17, 15) is 14.4 Å². The number of amidine groups is 1. The SMILES string of the molecule is CC(C)(C)OC(=O)CN(CC(=O)OC(C)(C)C)C1CCC(NC(=O)c2cc3cc(C(=N)N)ccc3o2)CC1. The molecule has 4 N–H and O–H groups in total. The summed E-state index contributed by atoms with van der Waals surface area (Å²) in [4.78, 5) is 39.8. The fraction of sp³-hybridized carbons (Fsp3) is 0.571. The van der Waals surface area contributed by atoms with E-state index in [-0.39, 0.29) is 42.7 Å². The van der Waals surface area contributed by atoms with Gasteiger partial charge in [-0.05, 0) is 91.5 Å². The van der Waals surface area contributed by atoms with Crippen molar-refractivity contribution in [2.24, 2.45) is 5.73 Å². The number of furan rings is 1. The van der Waals surface area contributed by atoms with Crippen molar-refractivity contribution in [1.29, 1.82) is 5.41 Å². The van der Waals surface area contributed by atoms with Crippen molar-refractivity contribution in [1.82, 2.24) is 10.2 Å². The lowest BCUT2D eigenvalue weighted by atomic mass is 9.90. The molecule has 0 spiro atoms. The second kappa shape index (κ2) is 11.6. The van der Waals surface area contributed by atoms with E-state index in [1.807, 2.05) is 4.90 Å². The number of hydrogen-bond donors (Lipinski definition) is 3. The summed E-state index contributed by atoms with van der Waals surface area (Å²) >= 11 is 0. The summed E-state index contributed by atoms with van der Waals surface area (Å²) in [5, 5.41) is 11.3. The highest BCUT2D eigenvalue weighted by Gasteiger charge is 2.32. The lowest BCUT2D eigenvalue weighted by Gasteiger charge is -2.36. The minimum absolute atomic E-state index is 0.0144.